The summed E-state index contributed by atoms with van der Waals surface area (Å²) >= 11 is 6.13. The van der Waals surface area contributed by atoms with Gasteiger partial charge in [0.15, 0.2) is 0 Å². The first-order chi connectivity index (χ1) is 12.1. The number of aryl methyl sites for hydroxylation is 1. The summed E-state index contributed by atoms with van der Waals surface area (Å²) in [5, 5.41) is 3.00. The Morgan fingerprint density at radius 1 is 1.19 bits per heavy atom. The Kier molecular flexibility index (Phi) is 6.44. The van der Waals surface area contributed by atoms with Gasteiger partial charge in [-0.15, -0.1) is 0 Å². The lowest BCUT2D eigenvalue weighted by Crippen LogP contribution is -2.33. The molecule has 0 heterocycles. The highest BCUT2D eigenvalue weighted by Gasteiger charge is 2.25. The summed E-state index contributed by atoms with van der Waals surface area (Å²) in [6.45, 7) is 5.86. The molecule has 140 valence electrons. The second-order valence-corrected chi connectivity index (χ2v) is 8.77. The molecule has 0 saturated carbocycles. The minimum Gasteiger partial charge on any atom is -0.348 e. The van der Waals surface area contributed by atoms with Gasteiger partial charge in [0.2, 0.25) is 10.0 Å². The molecule has 5 nitrogen and oxygen atoms in total. The van der Waals surface area contributed by atoms with Crippen molar-refractivity contribution in [3.05, 3.63) is 64.2 Å². The lowest BCUT2D eigenvalue weighted by Gasteiger charge is -2.21. The third-order valence-corrected chi connectivity index (χ3v) is 6.65. The van der Waals surface area contributed by atoms with E-state index < -0.39 is 15.9 Å². The van der Waals surface area contributed by atoms with E-state index in [9.17, 15) is 13.2 Å². The Morgan fingerprint density at radius 3 is 2.46 bits per heavy atom. The van der Waals surface area contributed by atoms with Crippen LogP contribution in [0.25, 0.3) is 0 Å². The van der Waals surface area contributed by atoms with Crippen LogP contribution in [0.4, 0.5) is 0 Å². The maximum absolute atomic E-state index is 12.6. The molecule has 0 fully saturated rings. The highest BCUT2D eigenvalue weighted by Crippen LogP contribution is 2.23. The molecular formula is C19H23ClN2O3S. The summed E-state index contributed by atoms with van der Waals surface area (Å²) in [4.78, 5) is 12.6. The maximum atomic E-state index is 12.6. The van der Waals surface area contributed by atoms with E-state index in [1.54, 1.807) is 13.8 Å². The molecule has 26 heavy (non-hydrogen) atoms. The fraction of sp³-hybridized carbons (Fsp3) is 0.316. The van der Waals surface area contributed by atoms with E-state index in [-0.39, 0.29) is 21.5 Å². The highest BCUT2D eigenvalue weighted by atomic mass is 35.5. The predicted octanol–water partition coefficient (Wildman–Crippen LogP) is 3.61. The van der Waals surface area contributed by atoms with Crippen LogP contribution in [-0.4, -0.2) is 31.7 Å². The minimum absolute atomic E-state index is 0.0409. The zero-order chi connectivity index (χ0) is 19.5. The number of carbonyl (C=O) groups excluding carboxylic acids is 1. The van der Waals surface area contributed by atoms with E-state index in [1.165, 1.54) is 29.6 Å². The van der Waals surface area contributed by atoms with Gasteiger partial charge in [0.05, 0.1) is 15.5 Å². The zero-order valence-electron chi connectivity index (χ0n) is 15.3. The number of hydrogen-bond acceptors (Lipinski definition) is 3. The van der Waals surface area contributed by atoms with Crippen LogP contribution in [0.15, 0.2) is 47.4 Å². The maximum Gasteiger partial charge on any atom is 0.253 e. The van der Waals surface area contributed by atoms with Crippen molar-refractivity contribution >= 4 is 27.5 Å². The molecule has 0 aliphatic carbocycles. The van der Waals surface area contributed by atoms with Crippen molar-refractivity contribution in [3.8, 4) is 0 Å². The topological polar surface area (TPSA) is 66.5 Å². The van der Waals surface area contributed by atoms with Crippen molar-refractivity contribution in [2.45, 2.75) is 38.3 Å². The Morgan fingerprint density at radius 2 is 1.85 bits per heavy atom. The summed E-state index contributed by atoms with van der Waals surface area (Å²) in [5.74, 6) is -0.414. The average Bonchev–Trinajstić information content (AvgIpc) is 2.60. The second kappa shape index (κ2) is 8.20. The number of benzene rings is 2. The lowest BCUT2D eigenvalue weighted by molar-refractivity contribution is 0.0951. The SMILES string of the molecule is Cc1ccccc1CNC(=O)c1cc(S(=O)(=O)N(C)C(C)C)ccc1Cl. The van der Waals surface area contributed by atoms with Gasteiger partial charge in [-0.2, -0.15) is 4.31 Å². The zero-order valence-corrected chi connectivity index (χ0v) is 16.9. The van der Waals surface area contributed by atoms with Gasteiger partial charge in [-0.05, 0) is 50.1 Å². The second-order valence-electron chi connectivity index (χ2n) is 6.37. The Hall–Kier alpha value is -1.89. The van der Waals surface area contributed by atoms with E-state index in [1.807, 2.05) is 31.2 Å². The number of amides is 1. The van der Waals surface area contributed by atoms with Crippen molar-refractivity contribution < 1.29 is 13.2 Å². The molecule has 2 rings (SSSR count). The fourth-order valence-corrected chi connectivity index (χ4v) is 3.96. The number of hydrogen-bond donors (Lipinski definition) is 1. The summed E-state index contributed by atoms with van der Waals surface area (Å²) in [7, 11) is -2.18. The van der Waals surface area contributed by atoms with Crippen LogP contribution >= 0.6 is 11.6 Å². The number of sulfonamides is 1. The van der Waals surface area contributed by atoms with Crippen LogP contribution in [0.3, 0.4) is 0 Å². The number of nitrogens with zero attached hydrogens (tertiary/aromatic N) is 1. The first kappa shape index (κ1) is 20.4. The predicted molar refractivity (Wildman–Crippen MR) is 104 cm³/mol. The third-order valence-electron chi connectivity index (χ3n) is 4.29. The van der Waals surface area contributed by atoms with Crippen LogP contribution in [-0.2, 0) is 16.6 Å². The van der Waals surface area contributed by atoms with Crippen LogP contribution < -0.4 is 5.32 Å². The van der Waals surface area contributed by atoms with Gasteiger partial charge < -0.3 is 5.32 Å². The molecule has 0 bridgehead atoms. The van der Waals surface area contributed by atoms with Gasteiger partial charge in [-0.25, -0.2) is 8.42 Å². The van der Waals surface area contributed by atoms with Gasteiger partial charge in [-0.1, -0.05) is 35.9 Å². The van der Waals surface area contributed by atoms with Crippen molar-refractivity contribution in [2.24, 2.45) is 0 Å². The van der Waals surface area contributed by atoms with E-state index in [4.69, 9.17) is 11.6 Å². The summed E-state index contributed by atoms with van der Waals surface area (Å²) in [6, 6.07) is 11.7. The van der Waals surface area contributed by atoms with Crippen molar-refractivity contribution in [3.63, 3.8) is 0 Å². The number of rotatable bonds is 6. The highest BCUT2D eigenvalue weighted by molar-refractivity contribution is 7.89. The van der Waals surface area contributed by atoms with Crippen molar-refractivity contribution in [1.29, 1.82) is 0 Å². The van der Waals surface area contributed by atoms with Crippen LogP contribution in [0.5, 0.6) is 0 Å². The quantitative estimate of drug-likeness (QED) is 0.813. The average molecular weight is 395 g/mol. The van der Waals surface area contributed by atoms with Crippen LogP contribution in [0.1, 0.15) is 35.3 Å². The molecule has 0 unspecified atom stereocenters. The van der Waals surface area contributed by atoms with Crippen molar-refractivity contribution in [2.75, 3.05) is 7.05 Å². The molecule has 0 saturated heterocycles. The molecule has 0 aliphatic rings. The Balaban J connectivity index is 2.27. The van der Waals surface area contributed by atoms with Gasteiger partial charge >= 0.3 is 0 Å². The Labute approximate surface area is 160 Å². The first-order valence-corrected chi connectivity index (χ1v) is 10.1. The van der Waals surface area contributed by atoms with E-state index in [0.29, 0.717) is 6.54 Å². The number of nitrogens with one attached hydrogen (secondary N) is 1. The summed E-state index contributed by atoms with van der Waals surface area (Å²) in [6.07, 6.45) is 0. The standard InChI is InChI=1S/C19H23ClN2O3S/c1-13(2)22(4)26(24,25)16-9-10-18(20)17(11-16)19(23)21-12-15-8-6-5-7-14(15)3/h5-11,13H,12H2,1-4H3,(H,21,23). The molecule has 0 aromatic heterocycles. The van der Waals surface area contributed by atoms with E-state index >= 15 is 0 Å². The van der Waals surface area contributed by atoms with E-state index in [0.717, 1.165) is 11.1 Å². The number of halogens is 1. The molecule has 0 radical (unpaired) electrons. The normalized spacial score (nSPS) is 11.8. The molecule has 0 aliphatic heterocycles. The smallest absolute Gasteiger partial charge is 0.253 e. The van der Waals surface area contributed by atoms with Gasteiger partial charge in [0.25, 0.3) is 5.91 Å². The molecule has 2 aromatic carbocycles. The fourth-order valence-electron chi connectivity index (χ4n) is 2.36. The molecule has 1 N–H and O–H groups in total. The monoisotopic (exact) mass is 394 g/mol. The first-order valence-electron chi connectivity index (χ1n) is 8.25. The molecule has 2 aromatic rings. The van der Waals surface area contributed by atoms with Crippen LogP contribution in [0.2, 0.25) is 5.02 Å². The van der Waals surface area contributed by atoms with Crippen molar-refractivity contribution in [1.82, 2.24) is 9.62 Å². The van der Waals surface area contributed by atoms with E-state index in [2.05, 4.69) is 5.32 Å². The lowest BCUT2D eigenvalue weighted by atomic mass is 10.1. The Bertz CT molecular complexity index is 911. The molecule has 1 amide bonds. The van der Waals surface area contributed by atoms with Gasteiger partial charge in [0, 0.05) is 19.6 Å². The molecule has 0 spiro atoms. The van der Waals surface area contributed by atoms with Crippen LogP contribution in [0, 0.1) is 6.92 Å². The van der Waals surface area contributed by atoms with Gasteiger partial charge in [-0.3, -0.25) is 4.79 Å². The van der Waals surface area contributed by atoms with Gasteiger partial charge in [0.1, 0.15) is 0 Å². The number of carbonyl (C=O) groups is 1. The third kappa shape index (κ3) is 4.44. The summed E-state index contributed by atoms with van der Waals surface area (Å²) < 4.78 is 26.5. The minimum atomic E-state index is -3.69. The molecule has 0 atom stereocenters. The molecular weight excluding hydrogens is 372 g/mol. The summed E-state index contributed by atoms with van der Waals surface area (Å²) in [5.41, 5.74) is 2.19. The largest absolute Gasteiger partial charge is 0.348 e. The molecule has 7 heteroatoms.